The molecule has 0 bridgehead atoms. The lowest BCUT2D eigenvalue weighted by atomic mass is 10.0. The number of benzene rings is 1. The van der Waals surface area contributed by atoms with Crippen molar-refractivity contribution in [2.45, 2.75) is 32.6 Å². The Balaban J connectivity index is 1.97. The highest BCUT2D eigenvalue weighted by Gasteiger charge is 2.20. The van der Waals surface area contributed by atoms with Crippen LogP contribution in [-0.2, 0) is 6.42 Å². The van der Waals surface area contributed by atoms with E-state index >= 15 is 0 Å². The first-order chi connectivity index (χ1) is 7.79. The Morgan fingerprint density at radius 1 is 1.38 bits per heavy atom. The largest absolute Gasteiger partial charge is 0.262 e. The molecule has 0 saturated heterocycles. The number of aryl methyl sites for hydroxylation is 1. The fourth-order valence-corrected chi connectivity index (χ4v) is 1.90. The summed E-state index contributed by atoms with van der Waals surface area (Å²) in [5, 5.41) is 0. The number of aliphatic imine (C=N–C) groups is 1. The highest BCUT2D eigenvalue weighted by Crippen LogP contribution is 2.33. The van der Waals surface area contributed by atoms with Crippen molar-refractivity contribution in [3.63, 3.8) is 0 Å². The van der Waals surface area contributed by atoms with Crippen molar-refractivity contribution < 1.29 is 0 Å². The molecule has 1 aliphatic carbocycles. The van der Waals surface area contributed by atoms with Gasteiger partial charge in [-0.25, -0.2) is 0 Å². The Bertz CT molecular complexity index is 382. The maximum Gasteiger partial charge on any atom is 0.0444 e. The third-order valence-corrected chi connectivity index (χ3v) is 3.19. The van der Waals surface area contributed by atoms with Gasteiger partial charge in [0.1, 0.15) is 0 Å². The molecule has 1 aliphatic rings. The van der Waals surface area contributed by atoms with Crippen LogP contribution in [0.15, 0.2) is 42.0 Å². The molecular weight excluding hydrogens is 194 g/mol. The van der Waals surface area contributed by atoms with E-state index in [1.54, 1.807) is 6.20 Å². The molecule has 1 fully saturated rings. The molecule has 1 aromatic rings. The average molecular weight is 213 g/mol. The summed E-state index contributed by atoms with van der Waals surface area (Å²) in [5.74, 6) is 1.02. The minimum Gasteiger partial charge on any atom is -0.262 e. The summed E-state index contributed by atoms with van der Waals surface area (Å²) in [7, 11) is 0. The second-order valence-corrected chi connectivity index (χ2v) is 4.58. The van der Waals surface area contributed by atoms with Gasteiger partial charge in [-0.15, -0.1) is 0 Å². The van der Waals surface area contributed by atoms with Crippen LogP contribution in [0.3, 0.4) is 0 Å². The molecule has 0 spiro atoms. The van der Waals surface area contributed by atoms with E-state index < -0.39 is 0 Å². The normalized spacial score (nSPS) is 16.2. The third kappa shape index (κ3) is 3.06. The molecule has 0 aliphatic heterocycles. The zero-order valence-electron chi connectivity index (χ0n) is 9.95. The van der Waals surface area contributed by atoms with Crippen molar-refractivity contribution in [1.29, 1.82) is 0 Å². The third-order valence-electron chi connectivity index (χ3n) is 3.19. The molecule has 0 unspecified atom stereocenters. The van der Waals surface area contributed by atoms with Crippen LogP contribution in [0.25, 0.3) is 0 Å². The molecule has 1 saturated carbocycles. The van der Waals surface area contributed by atoms with Crippen molar-refractivity contribution in [1.82, 2.24) is 0 Å². The van der Waals surface area contributed by atoms with Crippen LogP contribution in [0.2, 0.25) is 0 Å². The fraction of sp³-hybridized carbons (Fsp3) is 0.400. The summed E-state index contributed by atoms with van der Waals surface area (Å²) < 4.78 is 0. The van der Waals surface area contributed by atoms with E-state index in [1.165, 1.54) is 36.8 Å². The van der Waals surface area contributed by atoms with E-state index in [0.29, 0.717) is 0 Å². The zero-order valence-corrected chi connectivity index (χ0v) is 9.95. The summed E-state index contributed by atoms with van der Waals surface area (Å²) >= 11 is 0. The molecule has 1 aromatic carbocycles. The molecule has 84 valence electrons. The van der Waals surface area contributed by atoms with Gasteiger partial charge < -0.3 is 0 Å². The molecule has 0 amide bonds. The molecule has 0 N–H and O–H groups in total. The molecule has 0 aromatic heterocycles. The van der Waals surface area contributed by atoms with Gasteiger partial charge in [0, 0.05) is 11.9 Å². The quantitative estimate of drug-likeness (QED) is 0.656. The number of nitrogens with zero attached hydrogens (tertiary/aromatic N) is 1. The van der Waals surface area contributed by atoms with Crippen LogP contribution < -0.4 is 0 Å². The lowest BCUT2D eigenvalue weighted by Gasteiger charge is -2.03. The van der Waals surface area contributed by atoms with E-state index in [0.717, 1.165) is 11.6 Å². The van der Waals surface area contributed by atoms with E-state index in [9.17, 15) is 0 Å². The summed E-state index contributed by atoms with van der Waals surface area (Å²) in [4.78, 5) is 4.19. The van der Waals surface area contributed by atoms with Crippen LogP contribution in [0.4, 0.5) is 0 Å². The molecule has 2 rings (SSSR count). The molecule has 0 heterocycles. The van der Waals surface area contributed by atoms with Crippen LogP contribution in [-0.4, -0.2) is 5.71 Å². The van der Waals surface area contributed by atoms with Gasteiger partial charge in [-0.1, -0.05) is 43.7 Å². The van der Waals surface area contributed by atoms with Gasteiger partial charge in [0.2, 0.25) is 0 Å². The van der Waals surface area contributed by atoms with Gasteiger partial charge >= 0.3 is 0 Å². The van der Waals surface area contributed by atoms with E-state index in [1.807, 2.05) is 6.92 Å². The van der Waals surface area contributed by atoms with Crippen LogP contribution >= 0.6 is 0 Å². The first-order valence-electron chi connectivity index (χ1n) is 6.04. The Morgan fingerprint density at radius 3 is 2.62 bits per heavy atom. The second kappa shape index (κ2) is 5.11. The number of hydrogen-bond donors (Lipinski definition) is 0. The molecule has 1 nitrogen and oxygen atoms in total. The maximum absolute atomic E-state index is 4.19. The standard InChI is InChI=1S/C15H19N/c1-3-16-12(2)15-10-8-14(9-11-15)7-6-13-4-5-13/h3,8-11,13H,1,4-7H2,2H3. The van der Waals surface area contributed by atoms with Gasteiger partial charge in [-0.2, -0.15) is 0 Å². The van der Waals surface area contributed by atoms with Gasteiger partial charge in [0.05, 0.1) is 0 Å². The molecule has 0 radical (unpaired) electrons. The van der Waals surface area contributed by atoms with Crippen molar-refractivity contribution in [3.8, 4) is 0 Å². The van der Waals surface area contributed by atoms with E-state index in [2.05, 4.69) is 35.8 Å². The van der Waals surface area contributed by atoms with Gasteiger partial charge in [0.15, 0.2) is 0 Å². The first kappa shape index (κ1) is 11.1. The highest BCUT2D eigenvalue weighted by atomic mass is 14.7. The van der Waals surface area contributed by atoms with Crippen LogP contribution in [0.1, 0.15) is 37.3 Å². The Kier molecular flexibility index (Phi) is 3.55. The topological polar surface area (TPSA) is 12.4 Å². The maximum atomic E-state index is 4.19. The summed E-state index contributed by atoms with van der Waals surface area (Å²) in [6.07, 6.45) is 7.07. The Morgan fingerprint density at radius 2 is 2.06 bits per heavy atom. The lowest BCUT2D eigenvalue weighted by Crippen LogP contribution is -1.94. The smallest absolute Gasteiger partial charge is 0.0444 e. The molecule has 0 atom stereocenters. The molecule has 1 heteroatoms. The Labute approximate surface area is 97.9 Å². The summed E-state index contributed by atoms with van der Waals surface area (Å²) in [6, 6.07) is 8.76. The van der Waals surface area contributed by atoms with Gasteiger partial charge in [-0.3, -0.25) is 4.99 Å². The second-order valence-electron chi connectivity index (χ2n) is 4.58. The van der Waals surface area contributed by atoms with Crippen molar-refractivity contribution in [3.05, 3.63) is 48.2 Å². The van der Waals surface area contributed by atoms with Crippen LogP contribution in [0.5, 0.6) is 0 Å². The molecular formula is C15H19N. The highest BCUT2D eigenvalue weighted by molar-refractivity contribution is 5.99. The first-order valence-corrected chi connectivity index (χ1v) is 6.04. The van der Waals surface area contributed by atoms with E-state index in [-0.39, 0.29) is 0 Å². The van der Waals surface area contributed by atoms with Gasteiger partial charge in [-0.05, 0) is 36.8 Å². The predicted molar refractivity (Wildman–Crippen MR) is 69.9 cm³/mol. The SMILES string of the molecule is C=CN=C(C)c1ccc(CCC2CC2)cc1. The summed E-state index contributed by atoms with van der Waals surface area (Å²) in [6.45, 7) is 5.63. The monoisotopic (exact) mass is 213 g/mol. The minimum atomic E-state index is 1.02. The van der Waals surface area contributed by atoms with Crippen molar-refractivity contribution in [2.75, 3.05) is 0 Å². The number of hydrogen-bond acceptors (Lipinski definition) is 1. The van der Waals surface area contributed by atoms with Crippen molar-refractivity contribution in [2.24, 2.45) is 10.9 Å². The van der Waals surface area contributed by atoms with E-state index in [4.69, 9.17) is 0 Å². The molecule has 16 heavy (non-hydrogen) atoms. The van der Waals surface area contributed by atoms with Crippen LogP contribution in [0, 0.1) is 5.92 Å². The predicted octanol–water partition coefficient (Wildman–Crippen LogP) is 3.98. The number of rotatable bonds is 5. The summed E-state index contributed by atoms with van der Waals surface area (Å²) in [5.41, 5.74) is 3.67. The fourth-order valence-electron chi connectivity index (χ4n) is 1.90. The lowest BCUT2D eigenvalue weighted by molar-refractivity contribution is 0.727. The Hall–Kier alpha value is -1.37. The minimum absolute atomic E-state index is 1.02. The average Bonchev–Trinajstić information content (AvgIpc) is 3.11. The van der Waals surface area contributed by atoms with Gasteiger partial charge in [0.25, 0.3) is 0 Å². The van der Waals surface area contributed by atoms with Crippen molar-refractivity contribution >= 4 is 5.71 Å². The zero-order chi connectivity index (χ0) is 11.4.